The average molecular weight is 287 g/mol. The third kappa shape index (κ3) is 2.72. The van der Waals surface area contributed by atoms with Gasteiger partial charge in [0.1, 0.15) is 0 Å². The molecular weight excluding hydrogens is 271 g/mol. The van der Waals surface area contributed by atoms with E-state index in [1.165, 1.54) is 10.6 Å². The monoisotopic (exact) mass is 287 g/mol. The number of anilines is 1. The van der Waals surface area contributed by atoms with Crippen LogP contribution in [0, 0.1) is 0 Å². The number of alkyl halides is 3. The van der Waals surface area contributed by atoms with Gasteiger partial charge >= 0.3 is 6.18 Å². The van der Waals surface area contributed by atoms with Gasteiger partial charge in [-0.2, -0.15) is 13.2 Å². The van der Waals surface area contributed by atoms with Gasteiger partial charge in [-0.05, 0) is 38.0 Å². The molecule has 110 valence electrons. The lowest BCUT2D eigenvalue weighted by Crippen LogP contribution is -2.18. The van der Waals surface area contributed by atoms with Gasteiger partial charge in [0, 0.05) is 18.3 Å². The summed E-state index contributed by atoms with van der Waals surface area (Å²) in [6.45, 7) is 1.63. The number of nitrogens with two attached hydrogens (primary N) is 1. The van der Waals surface area contributed by atoms with Crippen LogP contribution in [0.25, 0.3) is 11.0 Å². The van der Waals surface area contributed by atoms with E-state index in [1.807, 2.05) is 0 Å². The maximum Gasteiger partial charge on any atom is 0.449 e. The van der Waals surface area contributed by atoms with E-state index in [0.717, 1.165) is 0 Å². The summed E-state index contributed by atoms with van der Waals surface area (Å²) >= 11 is 0. The zero-order chi connectivity index (χ0) is 14.9. The summed E-state index contributed by atoms with van der Waals surface area (Å²) in [5.74, 6) is -0.927. The maximum absolute atomic E-state index is 13.1. The van der Waals surface area contributed by atoms with Crippen molar-refractivity contribution in [1.82, 2.24) is 9.55 Å². The Morgan fingerprint density at radius 3 is 2.70 bits per heavy atom. The first kappa shape index (κ1) is 14.6. The highest BCUT2D eigenvalue weighted by Crippen LogP contribution is 2.35. The number of nitrogens with zero attached hydrogens (tertiary/aromatic N) is 2. The van der Waals surface area contributed by atoms with Crippen LogP contribution in [-0.4, -0.2) is 21.3 Å². The lowest BCUT2D eigenvalue weighted by atomic mass is 10.1. The Bertz CT molecular complexity index is 607. The summed E-state index contributed by atoms with van der Waals surface area (Å²) in [6.07, 6.45) is -3.65. The third-order valence-corrected chi connectivity index (χ3v) is 3.19. The van der Waals surface area contributed by atoms with Crippen molar-refractivity contribution in [3.63, 3.8) is 0 Å². The lowest BCUT2D eigenvalue weighted by molar-refractivity contribution is -0.147. The molecule has 0 aliphatic carbocycles. The van der Waals surface area contributed by atoms with Crippen LogP contribution in [0.3, 0.4) is 0 Å². The van der Waals surface area contributed by atoms with E-state index in [9.17, 15) is 13.2 Å². The van der Waals surface area contributed by atoms with Crippen LogP contribution in [0.5, 0.6) is 0 Å². The Kier molecular flexibility index (Phi) is 3.89. The quantitative estimate of drug-likeness (QED) is 0.850. The van der Waals surface area contributed by atoms with Crippen molar-refractivity contribution in [3.05, 3.63) is 24.0 Å². The van der Waals surface area contributed by atoms with E-state index in [0.29, 0.717) is 24.0 Å². The number of aromatic nitrogens is 2. The van der Waals surface area contributed by atoms with Gasteiger partial charge in [0.05, 0.1) is 11.0 Å². The molecule has 0 aliphatic heterocycles. The van der Waals surface area contributed by atoms with E-state index in [2.05, 4.69) is 4.98 Å². The average Bonchev–Trinajstić information content (AvgIpc) is 2.74. The van der Waals surface area contributed by atoms with Gasteiger partial charge in [-0.3, -0.25) is 0 Å². The van der Waals surface area contributed by atoms with Crippen LogP contribution < -0.4 is 5.73 Å². The molecule has 0 amide bonds. The number of halogens is 3. The molecule has 1 atom stereocenters. The molecule has 0 bridgehead atoms. The second-order valence-corrected chi connectivity index (χ2v) is 4.77. The molecule has 2 rings (SSSR count). The summed E-state index contributed by atoms with van der Waals surface area (Å²) < 4.78 is 40.5. The Morgan fingerprint density at radius 1 is 1.40 bits per heavy atom. The molecule has 0 fully saturated rings. The van der Waals surface area contributed by atoms with Crippen LogP contribution in [-0.2, 0) is 6.18 Å². The molecule has 2 aromatic rings. The molecule has 3 N–H and O–H groups in total. The number of aliphatic hydroxyl groups is 1. The molecule has 4 nitrogen and oxygen atoms in total. The Morgan fingerprint density at radius 2 is 2.10 bits per heavy atom. The number of hydrogen-bond acceptors (Lipinski definition) is 3. The number of imidazole rings is 1. The van der Waals surface area contributed by atoms with Gasteiger partial charge in [-0.25, -0.2) is 4.98 Å². The SMILES string of the molecule is CC(CCCO)n1c(C(F)(F)F)nc2cc(N)ccc21. The van der Waals surface area contributed by atoms with Crippen molar-refractivity contribution >= 4 is 16.7 Å². The minimum Gasteiger partial charge on any atom is -0.399 e. The van der Waals surface area contributed by atoms with Crippen molar-refractivity contribution in [1.29, 1.82) is 0 Å². The summed E-state index contributed by atoms with van der Waals surface area (Å²) in [7, 11) is 0. The van der Waals surface area contributed by atoms with E-state index < -0.39 is 18.0 Å². The van der Waals surface area contributed by atoms with E-state index in [1.54, 1.807) is 19.1 Å². The van der Waals surface area contributed by atoms with Gasteiger partial charge in [-0.1, -0.05) is 0 Å². The molecule has 0 aliphatic rings. The Labute approximate surface area is 114 Å². The standard InChI is InChI=1S/C13H16F3N3O/c1-8(3-2-6-20)19-11-5-4-9(17)7-10(11)18-12(19)13(14,15)16/h4-5,7-8,20H,2-3,6,17H2,1H3. The number of hydrogen-bond donors (Lipinski definition) is 2. The molecule has 0 radical (unpaired) electrons. The molecule has 7 heteroatoms. The smallest absolute Gasteiger partial charge is 0.399 e. The van der Waals surface area contributed by atoms with E-state index in [4.69, 9.17) is 10.8 Å². The Hall–Kier alpha value is -1.76. The molecule has 1 aromatic carbocycles. The second kappa shape index (κ2) is 5.32. The molecule has 0 spiro atoms. The summed E-state index contributed by atoms with van der Waals surface area (Å²) in [6, 6.07) is 4.12. The fourth-order valence-electron chi connectivity index (χ4n) is 2.28. The molecule has 0 saturated carbocycles. The van der Waals surface area contributed by atoms with Crippen LogP contribution in [0.2, 0.25) is 0 Å². The molecular formula is C13H16F3N3O. The van der Waals surface area contributed by atoms with Crippen LogP contribution in [0.1, 0.15) is 31.6 Å². The molecule has 20 heavy (non-hydrogen) atoms. The van der Waals surface area contributed by atoms with Gasteiger partial charge in [-0.15, -0.1) is 0 Å². The molecule has 1 heterocycles. The van der Waals surface area contributed by atoms with Gasteiger partial charge in [0.25, 0.3) is 0 Å². The van der Waals surface area contributed by atoms with Crippen LogP contribution in [0.4, 0.5) is 18.9 Å². The maximum atomic E-state index is 13.1. The highest BCUT2D eigenvalue weighted by Gasteiger charge is 2.38. The predicted molar refractivity (Wildman–Crippen MR) is 70.2 cm³/mol. The fourth-order valence-corrected chi connectivity index (χ4v) is 2.28. The second-order valence-electron chi connectivity index (χ2n) is 4.77. The van der Waals surface area contributed by atoms with Crippen molar-refractivity contribution in [3.8, 4) is 0 Å². The van der Waals surface area contributed by atoms with Gasteiger partial charge in [0.2, 0.25) is 5.82 Å². The highest BCUT2D eigenvalue weighted by atomic mass is 19.4. The van der Waals surface area contributed by atoms with Crippen LogP contribution >= 0.6 is 0 Å². The summed E-state index contributed by atoms with van der Waals surface area (Å²) in [4.78, 5) is 3.67. The van der Waals surface area contributed by atoms with Gasteiger partial charge in [0.15, 0.2) is 0 Å². The number of nitrogen functional groups attached to an aromatic ring is 1. The van der Waals surface area contributed by atoms with Crippen molar-refractivity contribution in [2.45, 2.75) is 32.0 Å². The predicted octanol–water partition coefficient (Wildman–Crippen LogP) is 2.97. The molecule has 1 unspecified atom stereocenters. The van der Waals surface area contributed by atoms with Crippen molar-refractivity contribution < 1.29 is 18.3 Å². The van der Waals surface area contributed by atoms with Crippen LogP contribution in [0.15, 0.2) is 18.2 Å². The van der Waals surface area contributed by atoms with Crippen molar-refractivity contribution in [2.75, 3.05) is 12.3 Å². The largest absolute Gasteiger partial charge is 0.449 e. The Balaban J connectivity index is 2.58. The van der Waals surface area contributed by atoms with E-state index >= 15 is 0 Å². The zero-order valence-electron chi connectivity index (χ0n) is 11.0. The normalized spacial score (nSPS) is 13.8. The zero-order valence-corrected chi connectivity index (χ0v) is 11.0. The minimum absolute atomic E-state index is 0.0503. The summed E-state index contributed by atoms with van der Waals surface area (Å²) in [5, 5.41) is 8.83. The third-order valence-electron chi connectivity index (χ3n) is 3.19. The van der Waals surface area contributed by atoms with Gasteiger partial charge < -0.3 is 15.4 Å². The minimum atomic E-state index is -4.53. The number of fused-ring (bicyclic) bond motifs is 1. The highest BCUT2D eigenvalue weighted by molar-refractivity contribution is 5.80. The fraction of sp³-hybridized carbons (Fsp3) is 0.462. The first-order chi connectivity index (χ1) is 9.34. The topological polar surface area (TPSA) is 64.1 Å². The summed E-state index contributed by atoms with van der Waals surface area (Å²) in [5.41, 5.74) is 6.59. The first-order valence-corrected chi connectivity index (χ1v) is 6.30. The molecule has 1 aromatic heterocycles. The first-order valence-electron chi connectivity index (χ1n) is 6.30. The number of benzene rings is 1. The molecule has 0 saturated heterocycles. The lowest BCUT2D eigenvalue weighted by Gasteiger charge is -2.18. The number of rotatable bonds is 4. The number of aliphatic hydroxyl groups excluding tert-OH is 1. The van der Waals surface area contributed by atoms with Crippen molar-refractivity contribution in [2.24, 2.45) is 0 Å². The van der Waals surface area contributed by atoms with E-state index in [-0.39, 0.29) is 12.1 Å².